The number of hydrogen-bond donors (Lipinski definition) is 0. The van der Waals surface area contributed by atoms with Crippen molar-refractivity contribution in [2.45, 2.75) is 51.6 Å². The molecule has 0 N–H and O–H groups in total. The zero-order chi connectivity index (χ0) is 22.6. The molecule has 1 aliphatic heterocycles. The zero-order valence-electron chi connectivity index (χ0n) is 17.8. The Kier molecular flexibility index (Phi) is 7.30. The van der Waals surface area contributed by atoms with E-state index in [2.05, 4.69) is 9.97 Å². The second-order valence-electron chi connectivity index (χ2n) is 8.03. The molecule has 0 saturated carbocycles. The molecule has 0 unspecified atom stereocenters. The molecule has 3 rings (SSSR count). The van der Waals surface area contributed by atoms with Crippen molar-refractivity contribution in [2.24, 2.45) is 0 Å². The molecule has 168 valence electrons. The number of anilines is 1. The van der Waals surface area contributed by atoms with Crippen LogP contribution in [0.25, 0.3) is 0 Å². The number of ketones is 1. The quantitative estimate of drug-likeness (QED) is 0.538. The van der Waals surface area contributed by atoms with Crippen molar-refractivity contribution in [1.29, 1.82) is 0 Å². The van der Waals surface area contributed by atoms with Crippen molar-refractivity contribution in [3.63, 3.8) is 0 Å². The van der Waals surface area contributed by atoms with Gasteiger partial charge in [0, 0.05) is 26.3 Å². The molecule has 0 amide bonds. The maximum absolute atomic E-state index is 13.1. The summed E-state index contributed by atoms with van der Waals surface area (Å²) >= 11 is 6.31. The first-order chi connectivity index (χ1) is 14.6. The van der Waals surface area contributed by atoms with Gasteiger partial charge in [0.2, 0.25) is 5.88 Å². The molecular formula is C22H26ClF2N3O3. The minimum Gasteiger partial charge on any atom is -0.489 e. The Morgan fingerprint density at radius 1 is 1.32 bits per heavy atom. The van der Waals surface area contributed by atoms with E-state index in [1.807, 2.05) is 36.1 Å². The van der Waals surface area contributed by atoms with E-state index in [1.165, 1.54) is 6.33 Å². The van der Waals surface area contributed by atoms with Crippen LogP contribution in [0.3, 0.4) is 0 Å². The highest BCUT2D eigenvalue weighted by atomic mass is 35.5. The Bertz CT molecular complexity index is 906. The molecule has 6 nitrogen and oxygen atoms in total. The van der Waals surface area contributed by atoms with Crippen LogP contribution in [0.1, 0.15) is 45.1 Å². The first-order valence-electron chi connectivity index (χ1n) is 10.1. The van der Waals surface area contributed by atoms with E-state index in [-0.39, 0.29) is 28.7 Å². The molecule has 2 heterocycles. The molecule has 1 fully saturated rings. The molecule has 1 saturated heterocycles. The minimum atomic E-state index is -2.99. The second kappa shape index (κ2) is 9.77. The Hall–Kier alpha value is -2.48. The predicted octanol–water partition coefficient (Wildman–Crippen LogP) is 4.90. The van der Waals surface area contributed by atoms with Crippen molar-refractivity contribution >= 4 is 23.2 Å². The fraction of sp³-hybridized carbons (Fsp3) is 0.500. The summed E-state index contributed by atoms with van der Waals surface area (Å²) in [5, 5.41) is 0.108. The van der Waals surface area contributed by atoms with E-state index in [1.54, 1.807) is 6.92 Å². The summed E-state index contributed by atoms with van der Waals surface area (Å²) in [7, 11) is 0. The zero-order valence-corrected chi connectivity index (χ0v) is 18.5. The summed E-state index contributed by atoms with van der Waals surface area (Å²) in [6.07, 6.45) is 2.45. The molecule has 0 radical (unpaired) electrons. The number of nitrogens with zero attached hydrogens (tertiary/aromatic N) is 3. The van der Waals surface area contributed by atoms with Crippen LogP contribution in [0.5, 0.6) is 11.6 Å². The maximum Gasteiger partial charge on any atom is 0.278 e. The molecule has 31 heavy (non-hydrogen) atoms. The summed E-state index contributed by atoms with van der Waals surface area (Å²) in [5.41, 5.74) is 1.09. The molecule has 1 aromatic carbocycles. The number of benzene rings is 1. The molecule has 9 heteroatoms. The van der Waals surface area contributed by atoms with Gasteiger partial charge in [-0.1, -0.05) is 30.7 Å². The summed E-state index contributed by atoms with van der Waals surface area (Å²) in [6.45, 7) is 4.77. The van der Waals surface area contributed by atoms with Crippen LogP contribution in [-0.2, 0) is 4.79 Å². The van der Waals surface area contributed by atoms with Gasteiger partial charge >= 0.3 is 0 Å². The van der Waals surface area contributed by atoms with Gasteiger partial charge in [0.1, 0.15) is 29.0 Å². The molecular weight excluding hydrogens is 428 g/mol. The van der Waals surface area contributed by atoms with E-state index in [9.17, 15) is 13.6 Å². The first-order valence-corrected chi connectivity index (χ1v) is 10.5. The van der Waals surface area contributed by atoms with E-state index in [4.69, 9.17) is 21.1 Å². The SMILES string of the molecule is CC(=O)C[C@@H](C)c1ccc(O[C@@H]2CCN(c3ncnc(OCC(C)(F)F)c3Cl)C2)cc1. The fourth-order valence-corrected chi connectivity index (χ4v) is 3.77. The molecule has 1 aromatic heterocycles. The van der Waals surface area contributed by atoms with E-state index in [0.717, 1.165) is 24.7 Å². The Labute approximate surface area is 185 Å². The maximum atomic E-state index is 13.1. The molecule has 1 aliphatic rings. The van der Waals surface area contributed by atoms with Gasteiger partial charge in [0.15, 0.2) is 12.4 Å². The predicted molar refractivity (Wildman–Crippen MR) is 115 cm³/mol. The monoisotopic (exact) mass is 453 g/mol. The Morgan fingerprint density at radius 2 is 2.03 bits per heavy atom. The van der Waals surface area contributed by atoms with Gasteiger partial charge in [-0.05, 0) is 30.5 Å². The lowest BCUT2D eigenvalue weighted by atomic mass is 9.96. The molecule has 2 atom stereocenters. The van der Waals surface area contributed by atoms with Crippen LogP contribution in [0.2, 0.25) is 5.02 Å². The van der Waals surface area contributed by atoms with Crippen molar-refractivity contribution in [2.75, 3.05) is 24.6 Å². The van der Waals surface area contributed by atoms with Gasteiger partial charge in [-0.25, -0.2) is 18.7 Å². The van der Waals surface area contributed by atoms with Gasteiger partial charge in [-0.15, -0.1) is 0 Å². The summed E-state index contributed by atoms with van der Waals surface area (Å²) in [4.78, 5) is 21.3. The highest BCUT2D eigenvalue weighted by Crippen LogP contribution is 2.34. The number of carbonyl (C=O) groups excluding carboxylic acids is 1. The van der Waals surface area contributed by atoms with Crippen LogP contribution < -0.4 is 14.4 Å². The third kappa shape index (κ3) is 6.50. The molecule has 2 aromatic rings. The fourth-order valence-electron chi connectivity index (χ4n) is 3.49. The number of alkyl halides is 2. The number of ether oxygens (including phenoxy) is 2. The Morgan fingerprint density at radius 3 is 2.68 bits per heavy atom. The number of halogens is 3. The third-order valence-electron chi connectivity index (χ3n) is 4.99. The number of rotatable bonds is 9. The number of hydrogen-bond acceptors (Lipinski definition) is 6. The summed E-state index contributed by atoms with van der Waals surface area (Å²) in [6, 6.07) is 7.76. The smallest absolute Gasteiger partial charge is 0.278 e. The van der Waals surface area contributed by atoms with Crippen molar-refractivity contribution in [3.05, 3.63) is 41.2 Å². The van der Waals surface area contributed by atoms with Crippen molar-refractivity contribution < 1.29 is 23.0 Å². The Balaban J connectivity index is 1.60. The average Bonchev–Trinajstić information content (AvgIpc) is 3.14. The highest BCUT2D eigenvalue weighted by molar-refractivity contribution is 6.34. The van der Waals surface area contributed by atoms with E-state index < -0.39 is 12.5 Å². The highest BCUT2D eigenvalue weighted by Gasteiger charge is 2.29. The van der Waals surface area contributed by atoms with Gasteiger partial charge in [0.25, 0.3) is 5.92 Å². The lowest BCUT2D eigenvalue weighted by Crippen LogP contribution is -2.26. The first kappa shape index (κ1) is 23.2. The van der Waals surface area contributed by atoms with Crippen LogP contribution >= 0.6 is 11.6 Å². The topological polar surface area (TPSA) is 64.5 Å². The molecule has 0 aliphatic carbocycles. The summed E-state index contributed by atoms with van der Waals surface area (Å²) < 4.78 is 37.3. The van der Waals surface area contributed by atoms with Gasteiger partial charge in [0.05, 0.1) is 6.54 Å². The van der Waals surface area contributed by atoms with Crippen LogP contribution in [0, 0.1) is 0 Å². The molecule has 0 bridgehead atoms. The van der Waals surface area contributed by atoms with Crippen molar-refractivity contribution in [1.82, 2.24) is 9.97 Å². The van der Waals surface area contributed by atoms with Crippen LogP contribution in [0.4, 0.5) is 14.6 Å². The van der Waals surface area contributed by atoms with Gasteiger partial charge in [-0.2, -0.15) is 0 Å². The average molecular weight is 454 g/mol. The standard InChI is InChI=1S/C22H26ClF2N3O3/c1-14(10-15(2)29)16-4-6-17(7-5-16)31-18-8-9-28(11-18)20-19(23)21(27-13-26-20)30-12-22(3,24)25/h4-7,13-14,18H,8-12H2,1-3H3/t14-,18-/m1/s1. The van der Waals surface area contributed by atoms with Crippen LogP contribution in [0.15, 0.2) is 30.6 Å². The lowest BCUT2D eigenvalue weighted by molar-refractivity contribution is -0.117. The van der Waals surface area contributed by atoms with Gasteiger partial charge in [-0.3, -0.25) is 0 Å². The van der Waals surface area contributed by atoms with E-state index >= 15 is 0 Å². The van der Waals surface area contributed by atoms with Crippen molar-refractivity contribution in [3.8, 4) is 11.6 Å². The second-order valence-corrected chi connectivity index (χ2v) is 8.40. The number of Topliss-reactive ketones (excluding diaryl/α,β-unsaturated/α-hetero) is 1. The number of carbonyl (C=O) groups is 1. The molecule has 0 spiro atoms. The normalized spacial score (nSPS) is 17.5. The minimum absolute atomic E-state index is 0.0622. The van der Waals surface area contributed by atoms with Crippen LogP contribution in [-0.4, -0.2) is 47.5 Å². The third-order valence-corrected chi connectivity index (χ3v) is 5.32. The van der Waals surface area contributed by atoms with E-state index in [0.29, 0.717) is 25.3 Å². The largest absolute Gasteiger partial charge is 0.489 e. The lowest BCUT2D eigenvalue weighted by Gasteiger charge is -2.20. The summed E-state index contributed by atoms with van der Waals surface area (Å²) in [5.74, 6) is -1.54. The number of aromatic nitrogens is 2. The van der Waals surface area contributed by atoms with Gasteiger partial charge < -0.3 is 19.2 Å².